The number of hydrogen-bond donors (Lipinski definition) is 1. The number of carbonyl (C=O) groups excluding carboxylic acids is 2. The first-order valence-corrected chi connectivity index (χ1v) is 9.04. The summed E-state index contributed by atoms with van der Waals surface area (Å²) in [5, 5.41) is 2.91. The van der Waals surface area contributed by atoms with Gasteiger partial charge in [-0.3, -0.25) is 14.5 Å². The van der Waals surface area contributed by atoms with Crippen LogP contribution in [-0.2, 0) is 4.79 Å². The van der Waals surface area contributed by atoms with Crippen LogP contribution in [0.1, 0.15) is 10.4 Å². The number of anilines is 1. The zero-order valence-corrected chi connectivity index (χ0v) is 15.4. The number of para-hydroxylation sites is 1. The Morgan fingerprint density at radius 3 is 2.24 bits per heavy atom. The molecular formula is C19H20BrN3O2. The van der Waals surface area contributed by atoms with Crippen molar-refractivity contribution >= 4 is 33.4 Å². The zero-order chi connectivity index (χ0) is 17.6. The summed E-state index contributed by atoms with van der Waals surface area (Å²) in [5.74, 6) is 0.00709. The maximum absolute atomic E-state index is 12.4. The molecule has 0 radical (unpaired) electrons. The van der Waals surface area contributed by atoms with E-state index in [1.165, 1.54) is 0 Å². The number of nitrogens with one attached hydrogen (secondary N) is 1. The monoisotopic (exact) mass is 401 g/mol. The van der Waals surface area contributed by atoms with Crippen LogP contribution in [0, 0.1) is 0 Å². The third kappa shape index (κ3) is 4.67. The molecule has 0 saturated carbocycles. The Labute approximate surface area is 155 Å². The van der Waals surface area contributed by atoms with E-state index in [1.54, 1.807) is 0 Å². The van der Waals surface area contributed by atoms with Crippen LogP contribution in [0.25, 0.3) is 0 Å². The number of nitrogens with zero attached hydrogens (tertiary/aromatic N) is 2. The fraction of sp³-hybridized carbons (Fsp3) is 0.263. The number of rotatable bonds is 4. The van der Waals surface area contributed by atoms with E-state index in [9.17, 15) is 9.59 Å². The normalized spacial score (nSPS) is 15.0. The lowest BCUT2D eigenvalue weighted by molar-refractivity contribution is -0.117. The van der Waals surface area contributed by atoms with E-state index in [0.717, 1.165) is 10.2 Å². The van der Waals surface area contributed by atoms with Crippen molar-refractivity contribution in [1.29, 1.82) is 0 Å². The van der Waals surface area contributed by atoms with Gasteiger partial charge < -0.3 is 10.2 Å². The molecule has 1 fully saturated rings. The van der Waals surface area contributed by atoms with Gasteiger partial charge >= 0.3 is 0 Å². The second-order valence-electron chi connectivity index (χ2n) is 5.96. The summed E-state index contributed by atoms with van der Waals surface area (Å²) in [6.07, 6.45) is 0. The lowest BCUT2D eigenvalue weighted by Gasteiger charge is -2.34. The molecule has 1 saturated heterocycles. The van der Waals surface area contributed by atoms with Crippen molar-refractivity contribution in [3.63, 3.8) is 0 Å². The smallest absolute Gasteiger partial charge is 0.253 e. The molecule has 1 aliphatic rings. The van der Waals surface area contributed by atoms with Crippen molar-refractivity contribution in [3.8, 4) is 0 Å². The first kappa shape index (κ1) is 17.6. The zero-order valence-electron chi connectivity index (χ0n) is 13.8. The van der Waals surface area contributed by atoms with Crippen molar-refractivity contribution in [3.05, 3.63) is 64.6 Å². The van der Waals surface area contributed by atoms with E-state index >= 15 is 0 Å². The molecule has 0 aliphatic carbocycles. The van der Waals surface area contributed by atoms with Crippen molar-refractivity contribution in [1.82, 2.24) is 9.80 Å². The Hall–Kier alpha value is -2.18. The Kier molecular flexibility index (Phi) is 5.83. The van der Waals surface area contributed by atoms with Crippen LogP contribution in [0.15, 0.2) is 59.1 Å². The Morgan fingerprint density at radius 2 is 1.56 bits per heavy atom. The first-order valence-electron chi connectivity index (χ1n) is 8.24. The highest BCUT2D eigenvalue weighted by Crippen LogP contribution is 2.21. The van der Waals surface area contributed by atoms with E-state index in [-0.39, 0.29) is 11.8 Å². The molecule has 1 aliphatic heterocycles. The second-order valence-corrected chi connectivity index (χ2v) is 6.82. The maximum atomic E-state index is 12.4. The summed E-state index contributed by atoms with van der Waals surface area (Å²) < 4.78 is 0.863. The Morgan fingerprint density at radius 1 is 0.920 bits per heavy atom. The van der Waals surface area contributed by atoms with Gasteiger partial charge in [-0.05, 0) is 40.2 Å². The topological polar surface area (TPSA) is 52.7 Å². The highest BCUT2D eigenvalue weighted by atomic mass is 79.9. The second kappa shape index (κ2) is 8.27. The number of piperazine rings is 1. The molecule has 0 bridgehead atoms. The van der Waals surface area contributed by atoms with Crippen molar-refractivity contribution in [2.24, 2.45) is 0 Å². The van der Waals surface area contributed by atoms with Gasteiger partial charge in [-0.1, -0.05) is 30.3 Å². The molecule has 0 unspecified atom stereocenters. The molecule has 3 rings (SSSR count). The van der Waals surface area contributed by atoms with Crippen molar-refractivity contribution in [2.45, 2.75) is 0 Å². The van der Waals surface area contributed by atoms with Gasteiger partial charge in [0.25, 0.3) is 5.91 Å². The van der Waals surface area contributed by atoms with Gasteiger partial charge in [0.1, 0.15) is 0 Å². The number of carbonyl (C=O) groups is 2. The Bertz CT molecular complexity index is 743. The summed E-state index contributed by atoms with van der Waals surface area (Å²) in [4.78, 5) is 28.6. The predicted molar refractivity (Wildman–Crippen MR) is 102 cm³/mol. The third-order valence-corrected chi connectivity index (χ3v) is 4.89. The molecule has 0 aromatic heterocycles. The highest BCUT2D eigenvalue weighted by molar-refractivity contribution is 9.10. The molecule has 0 spiro atoms. The fourth-order valence-electron chi connectivity index (χ4n) is 2.83. The van der Waals surface area contributed by atoms with Crippen LogP contribution < -0.4 is 5.32 Å². The summed E-state index contributed by atoms with van der Waals surface area (Å²) in [7, 11) is 0. The molecule has 2 aromatic rings. The predicted octanol–water partition coefficient (Wildman–Crippen LogP) is 2.85. The van der Waals surface area contributed by atoms with Crippen LogP contribution in [0.3, 0.4) is 0 Å². The third-order valence-electron chi connectivity index (χ3n) is 4.20. The molecule has 0 atom stereocenters. The van der Waals surface area contributed by atoms with E-state index in [1.807, 2.05) is 59.5 Å². The maximum Gasteiger partial charge on any atom is 0.253 e. The number of halogens is 1. The summed E-state index contributed by atoms with van der Waals surface area (Å²) in [6.45, 7) is 2.99. The molecular weight excluding hydrogens is 382 g/mol. The lowest BCUT2D eigenvalue weighted by atomic mass is 10.2. The van der Waals surface area contributed by atoms with Gasteiger partial charge in [-0.2, -0.15) is 0 Å². The average molecular weight is 402 g/mol. The van der Waals surface area contributed by atoms with Crippen LogP contribution in [-0.4, -0.2) is 54.3 Å². The average Bonchev–Trinajstić information content (AvgIpc) is 2.64. The fourth-order valence-corrected chi connectivity index (χ4v) is 3.21. The van der Waals surface area contributed by atoms with Gasteiger partial charge in [-0.15, -0.1) is 0 Å². The number of amides is 2. The number of hydrogen-bond acceptors (Lipinski definition) is 3. The molecule has 25 heavy (non-hydrogen) atoms. The standard InChI is InChI=1S/C19H20BrN3O2/c20-16-8-4-5-9-17(16)21-18(24)14-22-10-12-23(13-11-22)19(25)15-6-2-1-3-7-15/h1-9H,10-14H2,(H,21,24). The van der Waals surface area contributed by atoms with Crippen molar-refractivity contribution in [2.75, 3.05) is 38.0 Å². The van der Waals surface area contributed by atoms with Gasteiger partial charge in [0, 0.05) is 36.2 Å². The quantitative estimate of drug-likeness (QED) is 0.856. The molecule has 2 amide bonds. The summed E-state index contributed by atoms with van der Waals surface area (Å²) in [6, 6.07) is 16.8. The first-order chi connectivity index (χ1) is 12.1. The minimum absolute atomic E-state index is 0.0465. The number of benzene rings is 2. The Balaban J connectivity index is 1.48. The van der Waals surface area contributed by atoms with Crippen LogP contribution >= 0.6 is 15.9 Å². The lowest BCUT2D eigenvalue weighted by Crippen LogP contribution is -2.50. The van der Waals surface area contributed by atoms with Gasteiger partial charge in [0.2, 0.25) is 5.91 Å². The van der Waals surface area contributed by atoms with Gasteiger partial charge in [0.05, 0.1) is 12.2 Å². The van der Waals surface area contributed by atoms with Crippen LogP contribution in [0.5, 0.6) is 0 Å². The molecule has 130 valence electrons. The summed E-state index contributed by atoms with van der Waals surface area (Å²) in [5.41, 5.74) is 1.48. The minimum atomic E-state index is -0.0465. The molecule has 1 N–H and O–H groups in total. The SMILES string of the molecule is O=C(CN1CCN(C(=O)c2ccccc2)CC1)Nc1ccccc1Br. The van der Waals surface area contributed by atoms with Crippen LogP contribution in [0.4, 0.5) is 5.69 Å². The van der Waals surface area contributed by atoms with Crippen LogP contribution in [0.2, 0.25) is 0 Å². The van der Waals surface area contributed by atoms with E-state index in [0.29, 0.717) is 38.3 Å². The minimum Gasteiger partial charge on any atom is -0.336 e. The van der Waals surface area contributed by atoms with Gasteiger partial charge in [0.15, 0.2) is 0 Å². The van der Waals surface area contributed by atoms with Crippen molar-refractivity contribution < 1.29 is 9.59 Å². The van der Waals surface area contributed by atoms with E-state index in [4.69, 9.17) is 0 Å². The van der Waals surface area contributed by atoms with E-state index < -0.39 is 0 Å². The largest absolute Gasteiger partial charge is 0.336 e. The van der Waals surface area contributed by atoms with E-state index in [2.05, 4.69) is 26.1 Å². The summed E-state index contributed by atoms with van der Waals surface area (Å²) >= 11 is 3.42. The van der Waals surface area contributed by atoms with Gasteiger partial charge in [-0.25, -0.2) is 0 Å². The molecule has 6 heteroatoms. The molecule has 2 aromatic carbocycles. The molecule has 1 heterocycles. The molecule has 5 nitrogen and oxygen atoms in total. The highest BCUT2D eigenvalue weighted by Gasteiger charge is 2.23.